The Morgan fingerprint density at radius 2 is 1.70 bits per heavy atom. The lowest BCUT2D eigenvalue weighted by atomic mass is 10.0. The minimum absolute atomic E-state index is 0.131. The molecule has 20 heavy (non-hydrogen) atoms. The molecule has 1 nitrogen and oxygen atoms in total. The first-order valence-corrected chi connectivity index (χ1v) is 6.26. The van der Waals surface area contributed by atoms with E-state index in [1.54, 1.807) is 12.1 Å². The molecule has 0 aromatic heterocycles. The van der Waals surface area contributed by atoms with Crippen molar-refractivity contribution >= 4 is 5.71 Å². The summed E-state index contributed by atoms with van der Waals surface area (Å²) in [6, 6.07) is 12.7. The molecule has 1 aliphatic carbocycles. The van der Waals surface area contributed by atoms with Gasteiger partial charge >= 0.3 is 6.18 Å². The molecule has 1 aliphatic rings. The van der Waals surface area contributed by atoms with Crippen LogP contribution in [0.5, 0.6) is 0 Å². The van der Waals surface area contributed by atoms with E-state index < -0.39 is 11.9 Å². The molecule has 2 aromatic carbocycles. The second-order valence-electron chi connectivity index (χ2n) is 4.78. The van der Waals surface area contributed by atoms with Gasteiger partial charge in [-0.3, -0.25) is 4.99 Å². The van der Waals surface area contributed by atoms with Gasteiger partial charge in [0.1, 0.15) is 5.71 Å². The van der Waals surface area contributed by atoms with Crippen molar-refractivity contribution in [2.24, 2.45) is 4.99 Å². The van der Waals surface area contributed by atoms with Crippen molar-refractivity contribution in [3.8, 4) is 11.1 Å². The van der Waals surface area contributed by atoms with Crippen molar-refractivity contribution in [2.75, 3.05) is 7.05 Å². The molecule has 0 amide bonds. The average molecular weight is 275 g/mol. The molecule has 2 aromatic rings. The van der Waals surface area contributed by atoms with Gasteiger partial charge in [-0.25, -0.2) is 0 Å². The van der Waals surface area contributed by atoms with E-state index in [-0.39, 0.29) is 5.56 Å². The van der Waals surface area contributed by atoms with Crippen molar-refractivity contribution in [1.82, 2.24) is 0 Å². The van der Waals surface area contributed by atoms with Gasteiger partial charge in [0.05, 0.1) is 0 Å². The van der Waals surface area contributed by atoms with E-state index >= 15 is 0 Å². The van der Waals surface area contributed by atoms with Crippen molar-refractivity contribution in [1.29, 1.82) is 0 Å². The number of hydrogen-bond donors (Lipinski definition) is 0. The number of nitrogens with zero attached hydrogens (tertiary/aromatic N) is 1. The molecule has 4 heteroatoms. The molecule has 0 atom stereocenters. The predicted octanol–water partition coefficient (Wildman–Crippen LogP) is 4.24. The van der Waals surface area contributed by atoms with Crippen molar-refractivity contribution in [3.05, 3.63) is 59.2 Å². The van der Waals surface area contributed by atoms with Crippen LogP contribution in [-0.2, 0) is 6.42 Å². The van der Waals surface area contributed by atoms with Gasteiger partial charge in [0, 0.05) is 12.6 Å². The van der Waals surface area contributed by atoms with E-state index in [2.05, 4.69) is 4.99 Å². The minimum Gasteiger partial charge on any atom is -0.283 e. The first-order chi connectivity index (χ1) is 9.50. The molecule has 0 bridgehead atoms. The highest BCUT2D eigenvalue weighted by atomic mass is 19.4. The molecular weight excluding hydrogens is 263 g/mol. The van der Waals surface area contributed by atoms with E-state index in [9.17, 15) is 13.2 Å². The molecule has 0 spiro atoms. The summed E-state index contributed by atoms with van der Waals surface area (Å²) >= 11 is 0. The van der Waals surface area contributed by atoms with Crippen LogP contribution in [0.15, 0.2) is 47.5 Å². The van der Waals surface area contributed by atoms with E-state index in [4.69, 9.17) is 0 Å². The fourth-order valence-corrected chi connectivity index (χ4v) is 2.71. The first kappa shape index (κ1) is 12.9. The molecule has 0 aliphatic heterocycles. The van der Waals surface area contributed by atoms with E-state index in [0.717, 1.165) is 22.3 Å². The van der Waals surface area contributed by atoms with Crippen LogP contribution in [0.25, 0.3) is 11.1 Å². The third-order valence-corrected chi connectivity index (χ3v) is 3.56. The van der Waals surface area contributed by atoms with E-state index in [1.807, 2.05) is 24.3 Å². The molecule has 0 N–H and O–H groups in total. The van der Waals surface area contributed by atoms with Crippen LogP contribution >= 0.6 is 0 Å². The summed E-state index contributed by atoms with van der Waals surface area (Å²) < 4.78 is 38.7. The highest BCUT2D eigenvalue weighted by molar-refractivity contribution is 6.05. The SMILES string of the molecule is C/N=C(/c1ccc2c(c1)Cc1ccccc1-2)C(F)(F)F. The number of halogens is 3. The summed E-state index contributed by atoms with van der Waals surface area (Å²) in [5.74, 6) is 0. The third-order valence-electron chi connectivity index (χ3n) is 3.56. The number of hydrogen-bond acceptors (Lipinski definition) is 1. The van der Waals surface area contributed by atoms with Gasteiger partial charge in [-0.2, -0.15) is 13.2 Å². The molecule has 0 radical (unpaired) electrons. The summed E-state index contributed by atoms with van der Waals surface area (Å²) in [5.41, 5.74) is 3.51. The number of aliphatic imine (C=N–C) groups is 1. The Bertz CT molecular complexity index is 699. The molecule has 0 unspecified atom stereocenters. The summed E-state index contributed by atoms with van der Waals surface area (Å²) in [6.07, 6.45) is -3.75. The maximum Gasteiger partial charge on any atom is 0.433 e. The summed E-state index contributed by atoms with van der Waals surface area (Å²) in [5, 5.41) is 0. The van der Waals surface area contributed by atoms with Crippen LogP contribution in [-0.4, -0.2) is 18.9 Å². The zero-order valence-electron chi connectivity index (χ0n) is 10.8. The fraction of sp³-hybridized carbons (Fsp3) is 0.188. The normalized spacial score (nSPS) is 14.1. The summed E-state index contributed by atoms with van der Waals surface area (Å²) in [4.78, 5) is 3.40. The average Bonchev–Trinajstić information content (AvgIpc) is 2.75. The van der Waals surface area contributed by atoms with Gasteiger partial charge < -0.3 is 0 Å². The lowest BCUT2D eigenvalue weighted by Gasteiger charge is -2.11. The molecule has 0 saturated heterocycles. The Morgan fingerprint density at radius 3 is 2.40 bits per heavy atom. The van der Waals surface area contributed by atoms with Crippen LogP contribution in [0.2, 0.25) is 0 Å². The van der Waals surface area contributed by atoms with Gasteiger partial charge in [-0.1, -0.05) is 36.4 Å². The zero-order valence-corrected chi connectivity index (χ0v) is 10.8. The molecular formula is C16H12F3N. The summed E-state index contributed by atoms with van der Waals surface area (Å²) in [7, 11) is 1.17. The first-order valence-electron chi connectivity index (χ1n) is 6.26. The highest BCUT2D eigenvalue weighted by Crippen LogP contribution is 2.37. The number of benzene rings is 2. The van der Waals surface area contributed by atoms with E-state index in [1.165, 1.54) is 13.1 Å². The Morgan fingerprint density at radius 1 is 1.00 bits per heavy atom. The summed E-state index contributed by atoms with van der Waals surface area (Å²) in [6.45, 7) is 0. The van der Waals surface area contributed by atoms with Gasteiger partial charge in [0.2, 0.25) is 0 Å². The second-order valence-corrected chi connectivity index (χ2v) is 4.78. The maximum absolute atomic E-state index is 12.9. The van der Waals surface area contributed by atoms with Crippen LogP contribution in [0, 0.1) is 0 Å². The minimum atomic E-state index is -4.42. The largest absolute Gasteiger partial charge is 0.433 e. The Hall–Kier alpha value is -2.10. The van der Waals surface area contributed by atoms with Crippen LogP contribution in [0.4, 0.5) is 13.2 Å². The third kappa shape index (κ3) is 2.01. The van der Waals surface area contributed by atoms with Crippen molar-refractivity contribution in [2.45, 2.75) is 12.6 Å². The number of rotatable bonds is 1. The van der Waals surface area contributed by atoms with Gasteiger partial charge in [0.15, 0.2) is 0 Å². The molecule has 0 heterocycles. The quantitative estimate of drug-likeness (QED) is 0.589. The molecule has 102 valence electrons. The zero-order chi connectivity index (χ0) is 14.3. The Balaban J connectivity index is 2.07. The topological polar surface area (TPSA) is 12.4 Å². The molecule has 0 saturated carbocycles. The number of fused-ring (bicyclic) bond motifs is 3. The van der Waals surface area contributed by atoms with Crippen LogP contribution in [0.3, 0.4) is 0 Å². The lowest BCUT2D eigenvalue weighted by Crippen LogP contribution is -2.24. The Labute approximate surface area is 114 Å². The standard InChI is InChI=1S/C16H12F3N/c1-20-15(16(17,18)19)11-6-7-14-12(9-11)8-10-4-2-3-5-13(10)14/h2-7,9H,8H2,1H3/b20-15-. The second kappa shape index (κ2) is 4.47. The molecule has 0 fully saturated rings. The Kier molecular flexibility index (Phi) is 2.89. The van der Waals surface area contributed by atoms with Crippen LogP contribution in [0.1, 0.15) is 16.7 Å². The van der Waals surface area contributed by atoms with Crippen molar-refractivity contribution in [3.63, 3.8) is 0 Å². The van der Waals surface area contributed by atoms with Gasteiger partial charge in [-0.05, 0) is 34.7 Å². The van der Waals surface area contributed by atoms with Gasteiger partial charge in [-0.15, -0.1) is 0 Å². The van der Waals surface area contributed by atoms with Gasteiger partial charge in [0.25, 0.3) is 0 Å². The highest BCUT2D eigenvalue weighted by Gasteiger charge is 2.36. The monoisotopic (exact) mass is 275 g/mol. The lowest BCUT2D eigenvalue weighted by molar-refractivity contribution is -0.0581. The smallest absolute Gasteiger partial charge is 0.283 e. The fourth-order valence-electron chi connectivity index (χ4n) is 2.71. The predicted molar refractivity (Wildman–Crippen MR) is 73.2 cm³/mol. The van der Waals surface area contributed by atoms with Crippen LogP contribution < -0.4 is 0 Å². The van der Waals surface area contributed by atoms with E-state index in [0.29, 0.717) is 6.42 Å². The molecule has 3 rings (SSSR count). The number of alkyl halides is 3. The maximum atomic E-state index is 12.9. The van der Waals surface area contributed by atoms with Crippen molar-refractivity contribution < 1.29 is 13.2 Å².